The number of nitrogens with zero attached hydrogens (tertiary/aromatic N) is 6. The van der Waals surface area contributed by atoms with Crippen molar-refractivity contribution in [2.75, 3.05) is 36.4 Å². The summed E-state index contributed by atoms with van der Waals surface area (Å²) in [5.74, 6) is 0.698. The maximum absolute atomic E-state index is 14.1. The van der Waals surface area contributed by atoms with Crippen LogP contribution in [-0.2, 0) is 23.9 Å². The van der Waals surface area contributed by atoms with Gasteiger partial charge in [0.05, 0.1) is 22.8 Å². The van der Waals surface area contributed by atoms with Crippen LogP contribution in [0.5, 0.6) is 0 Å². The van der Waals surface area contributed by atoms with Crippen LogP contribution in [0.4, 0.5) is 29.3 Å². The highest BCUT2D eigenvalue weighted by Gasteiger charge is 2.43. The molecule has 3 aromatic rings. The first kappa shape index (κ1) is 33.1. The molecule has 0 bridgehead atoms. The summed E-state index contributed by atoms with van der Waals surface area (Å²) >= 11 is 6.16. The molecule has 2 aliphatic carbocycles. The van der Waals surface area contributed by atoms with E-state index in [4.69, 9.17) is 21.3 Å². The Morgan fingerprint density at radius 1 is 1.17 bits per heavy atom. The van der Waals surface area contributed by atoms with Gasteiger partial charge in [0.1, 0.15) is 17.5 Å². The minimum atomic E-state index is -4.56. The van der Waals surface area contributed by atoms with E-state index in [1.165, 1.54) is 17.0 Å². The van der Waals surface area contributed by atoms with Crippen molar-refractivity contribution in [3.8, 4) is 0 Å². The lowest BCUT2D eigenvalue weighted by atomic mass is 9.58. The summed E-state index contributed by atoms with van der Waals surface area (Å²) in [6.45, 7) is 8.59. The highest BCUT2D eigenvalue weighted by molar-refractivity contribution is 6.33. The summed E-state index contributed by atoms with van der Waals surface area (Å²) < 4.78 is 48.1. The number of aromatic nitrogens is 4. The summed E-state index contributed by atoms with van der Waals surface area (Å²) in [6, 6.07) is 2.85. The van der Waals surface area contributed by atoms with Crippen LogP contribution in [0.15, 0.2) is 29.1 Å². The van der Waals surface area contributed by atoms with Crippen LogP contribution < -0.4 is 15.8 Å². The number of amides is 1. The van der Waals surface area contributed by atoms with Crippen molar-refractivity contribution < 1.29 is 27.8 Å². The van der Waals surface area contributed by atoms with E-state index in [0.717, 1.165) is 37.0 Å². The Morgan fingerprint density at radius 3 is 2.40 bits per heavy atom. The lowest BCUT2D eigenvalue weighted by molar-refractivity contribution is -0.137. The number of aliphatic hydroxyl groups excluding tert-OH is 1. The van der Waals surface area contributed by atoms with Crippen LogP contribution in [0.3, 0.4) is 0 Å². The monoisotopic (exact) mass is 677 g/mol. The van der Waals surface area contributed by atoms with Gasteiger partial charge in [0.15, 0.2) is 5.82 Å². The second kappa shape index (κ2) is 12.0. The molecule has 2 aromatic heterocycles. The molecule has 1 amide bonds. The van der Waals surface area contributed by atoms with Crippen LogP contribution in [0, 0.1) is 5.41 Å². The number of anilines is 2. The fraction of sp³-hybridized carbons (Fsp3) is 0.562. The molecule has 3 aliphatic rings. The third-order valence-electron chi connectivity index (χ3n) is 9.04. The van der Waals surface area contributed by atoms with Gasteiger partial charge in [-0.3, -0.25) is 4.79 Å². The second-order valence-electron chi connectivity index (χ2n) is 13.6. The maximum atomic E-state index is 14.1. The summed E-state index contributed by atoms with van der Waals surface area (Å²) in [6.07, 6.45) is 0.568. The average Bonchev–Trinajstić information content (AvgIpc) is 3.38. The number of carbonyl (C=O) groups is 1. The van der Waals surface area contributed by atoms with E-state index in [2.05, 4.69) is 16.5 Å². The molecule has 3 heterocycles. The first-order valence-electron chi connectivity index (χ1n) is 15.9. The van der Waals surface area contributed by atoms with Gasteiger partial charge in [-0.2, -0.15) is 22.7 Å². The van der Waals surface area contributed by atoms with Crippen LogP contribution in [0.2, 0.25) is 5.02 Å². The van der Waals surface area contributed by atoms with Gasteiger partial charge in [0.25, 0.3) is 5.56 Å². The van der Waals surface area contributed by atoms with Crippen LogP contribution >= 0.6 is 11.6 Å². The van der Waals surface area contributed by atoms with Gasteiger partial charge in [-0.1, -0.05) is 31.0 Å². The number of piperazine rings is 1. The largest absolute Gasteiger partial charge is 0.444 e. The van der Waals surface area contributed by atoms with E-state index in [1.807, 2.05) is 11.8 Å². The first-order valence-corrected chi connectivity index (χ1v) is 16.2. The van der Waals surface area contributed by atoms with Gasteiger partial charge in [-0.05, 0) is 75.6 Å². The maximum Gasteiger partial charge on any atom is 0.416 e. The summed E-state index contributed by atoms with van der Waals surface area (Å²) in [4.78, 5) is 35.1. The number of hydrogen-bond acceptors (Lipinski definition) is 8. The average molecular weight is 678 g/mol. The molecule has 47 heavy (non-hydrogen) atoms. The molecule has 6 rings (SSSR count). The number of aliphatic hydroxyl groups is 1. The number of ether oxygens (including phenoxy) is 1. The van der Waals surface area contributed by atoms with E-state index < -0.39 is 29.7 Å². The molecule has 0 radical (unpaired) electrons. The van der Waals surface area contributed by atoms with Crippen LogP contribution in [0.25, 0.3) is 11.4 Å². The number of benzene rings is 1. The number of carbonyl (C=O) groups excluding carboxylic acids is 1. The number of rotatable bonds is 7. The lowest BCUT2D eigenvalue weighted by Gasteiger charge is -2.46. The predicted octanol–water partition coefficient (Wildman–Crippen LogP) is 5.57. The molecule has 11 nitrogen and oxygen atoms in total. The fourth-order valence-corrected chi connectivity index (χ4v) is 6.79. The Labute approximate surface area is 275 Å². The van der Waals surface area contributed by atoms with Gasteiger partial charge >= 0.3 is 12.3 Å². The highest BCUT2D eigenvalue weighted by atomic mass is 35.5. The number of nitrogens with one attached hydrogen (secondary N) is 1. The van der Waals surface area contributed by atoms with E-state index in [9.17, 15) is 27.9 Å². The van der Waals surface area contributed by atoms with E-state index in [1.54, 1.807) is 30.2 Å². The summed E-state index contributed by atoms with van der Waals surface area (Å²) in [7, 11) is 0. The second-order valence-corrected chi connectivity index (χ2v) is 14.0. The molecule has 1 spiro atoms. The molecule has 1 unspecified atom stereocenters. The van der Waals surface area contributed by atoms with Crippen molar-refractivity contribution in [1.29, 1.82) is 0 Å². The Morgan fingerprint density at radius 2 is 1.85 bits per heavy atom. The van der Waals surface area contributed by atoms with Crippen molar-refractivity contribution in [3.63, 3.8) is 0 Å². The van der Waals surface area contributed by atoms with Gasteiger partial charge in [0.2, 0.25) is 5.78 Å². The van der Waals surface area contributed by atoms with Crippen molar-refractivity contribution >= 4 is 40.4 Å². The van der Waals surface area contributed by atoms with Gasteiger partial charge in [-0.25, -0.2) is 4.79 Å². The molecular formula is C32H39ClF3N7O4. The molecule has 1 aliphatic heterocycles. The van der Waals surface area contributed by atoms with Crippen molar-refractivity contribution in [2.24, 2.45) is 5.41 Å². The van der Waals surface area contributed by atoms with Crippen LogP contribution in [-0.4, -0.2) is 73.3 Å². The standard InChI is InChI=1S/C32H39ClF3N7O4/c1-5-23-25(40-11-13-41(14-12-40)29(46)47-30(2,3)4)27(45)43-28(38-26(39-43)19-16-31(17-19)9-6-10-31)42(23)18-24(44)37-22-8-7-20(15-21(22)33)32(34,35)36/h7-8,15-16,24,37,44H,5-6,9-14,17-18H2,1-4H3. The topological polar surface area (TPSA) is 117 Å². The third kappa shape index (κ3) is 6.54. The zero-order valence-electron chi connectivity index (χ0n) is 26.8. The van der Waals surface area contributed by atoms with Gasteiger partial charge in [-0.15, -0.1) is 5.10 Å². The first-order chi connectivity index (χ1) is 22.1. The number of allylic oxidation sites excluding steroid dienone is 2. The Bertz CT molecular complexity index is 1780. The molecule has 1 saturated heterocycles. The van der Waals surface area contributed by atoms with E-state index >= 15 is 0 Å². The molecule has 2 N–H and O–H groups in total. The normalized spacial score (nSPS) is 18.5. The number of alkyl halides is 3. The van der Waals surface area contributed by atoms with Crippen molar-refractivity contribution in [3.05, 3.63) is 56.7 Å². The molecular weight excluding hydrogens is 639 g/mol. The Balaban J connectivity index is 1.34. The quantitative estimate of drug-likeness (QED) is 0.312. The zero-order chi connectivity index (χ0) is 33.9. The number of halogens is 4. The predicted molar refractivity (Wildman–Crippen MR) is 172 cm³/mol. The molecule has 1 aromatic carbocycles. The zero-order valence-corrected chi connectivity index (χ0v) is 27.6. The SMILES string of the molecule is CCc1c(N2CCN(C(=O)OC(C)(C)C)CC2)c(=O)n2nc(C3=CC4(CCC4)C3)nc2n1CC(O)Nc1ccc(C(F)(F)F)cc1Cl. The fourth-order valence-electron chi connectivity index (χ4n) is 6.55. The minimum Gasteiger partial charge on any atom is -0.444 e. The Hall–Kier alpha value is -3.78. The van der Waals surface area contributed by atoms with Gasteiger partial charge < -0.3 is 29.5 Å². The van der Waals surface area contributed by atoms with Gasteiger partial charge in [0, 0.05) is 31.9 Å². The van der Waals surface area contributed by atoms with Crippen LogP contribution in [0.1, 0.15) is 70.5 Å². The van der Waals surface area contributed by atoms with E-state index in [-0.39, 0.29) is 34.0 Å². The smallest absolute Gasteiger partial charge is 0.416 e. The number of fused-ring (bicyclic) bond motifs is 1. The van der Waals surface area contributed by atoms with E-state index in [0.29, 0.717) is 49.8 Å². The minimum absolute atomic E-state index is 0.115. The number of hydrogen-bond donors (Lipinski definition) is 2. The van der Waals surface area contributed by atoms with Crippen molar-refractivity contribution in [1.82, 2.24) is 24.1 Å². The molecule has 2 fully saturated rings. The van der Waals surface area contributed by atoms with Crippen molar-refractivity contribution in [2.45, 2.75) is 84.3 Å². The summed E-state index contributed by atoms with van der Waals surface area (Å²) in [5.41, 5.74) is 0.387. The lowest BCUT2D eigenvalue weighted by Crippen LogP contribution is -2.51. The molecule has 1 saturated carbocycles. The molecule has 254 valence electrons. The highest BCUT2D eigenvalue weighted by Crippen LogP contribution is 2.56. The molecule has 15 heteroatoms. The molecule has 1 atom stereocenters. The third-order valence-corrected chi connectivity index (χ3v) is 9.35. The summed E-state index contributed by atoms with van der Waals surface area (Å²) in [5, 5.41) is 18.4. The Kier molecular flexibility index (Phi) is 8.48.